The number of benzene rings is 1. The lowest BCUT2D eigenvalue weighted by molar-refractivity contribution is 0.415. The molecular weight excluding hydrogens is 290 g/mol. The number of methoxy groups -OCH3 is 1. The van der Waals surface area contributed by atoms with Crippen LogP contribution >= 0.6 is 11.6 Å². The van der Waals surface area contributed by atoms with E-state index in [4.69, 9.17) is 20.8 Å². The lowest BCUT2D eigenvalue weighted by Gasteiger charge is -2.08. The lowest BCUT2D eigenvalue weighted by Crippen LogP contribution is -2.06. The minimum Gasteiger partial charge on any atom is -0.497 e. The number of hydrogen-bond acceptors (Lipinski definition) is 4. The average Bonchev–Trinajstić information content (AvgIpc) is 3.03. The SMILES string of the molecule is COc1ccc2c(c1)nc(C(C)Cl)n2Cc1ncc(C)o1. The maximum absolute atomic E-state index is 6.26. The first-order valence-corrected chi connectivity index (χ1v) is 7.11. The zero-order valence-corrected chi connectivity index (χ0v) is 12.9. The zero-order valence-electron chi connectivity index (χ0n) is 12.1. The Morgan fingerprint density at radius 3 is 2.86 bits per heavy atom. The summed E-state index contributed by atoms with van der Waals surface area (Å²) in [5.74, 6) is 2.99. The average molecular weight is 306 g/mol. The number of aromatic nitrogens is 3. The number of fused-ring (bicyclic) bond motifs is 1. The molecule has 3 rings (SSSR count). The molecule has 0 spiro atoms. The van der Waals surface area contributed by atoms with Gasteiger partial charge in [-0.3, -0.25) is 0 Å². The molecule has 3 aromatic rings. The first-order chi connectivity index (χ1) is 10.1. The van der Waals surface area contributed by atoms with Crippen LogP contribution < -0.4 is 4.74 Å². The van der Waals surface area contributed by atoms with E-state index >= 15 is 0 Å². The van der Waals surface area contributed by atoms with Crippen molar-refractivity contribution in [2.24, 2.45) is 0 Å². The minimum atomic E-state index is -0.209. The number of alkyl halides is 1. The number of aryl methyl sites for hydroxylation is 1. The van der Waals surface area contributed by atoms with E-state index in [0.29, 0.717) is 12.4 Å². The first kappa shape index (κ1) is 13.9. The molecule has 0 aliphatic rings. The molecule has 110 valence electrons. The van der Waals surface area contributed by atoms with Crippen LogP contribution in [0, 0.1) is 6.92 Å². The number of imidazole rings is 1. The second-order valence-corrected chi connectivity index (χ2v) is 5.55. The van der Waals surface area contributed by atoms with Crippen molar-refractivity contribution in [3.8, 4) is 5.75 Å². The Labute approximate surface area is 127 Å². The molecule has 0 aliphatic heterocycles. The highest BCUT2D eigenvalue weighted by Gasteiger charge is 2.17. The highest BCUT2D eigenvalue weighted by atomic mass is 35.5. The number of rotatable bonds is 4. The van der Waals surface area contributed by atoms with E-state index in [1.807, 2.05) is 36.6 Å². The maximum Gasteiger partial charge on any atom is 0.214 e. The number of hydrogen-bond donors (Lipinski definition) is 0. The predicted octanol–water partition coefficient (Wildman–Crippen LogP) is 3.69. The van der Waals surface area contributed by atoms with Gasteiger partial charge >= 0.3 is 0 Å². The van der Waals surface area contributed by atoms with Crippen LogP contribution in [-0.4, -0.2) is 21.6 Å². The molecule has 0 amide bonds. The molecule has 0 saturated heterocycles. The molecule has 0 N–H and O–H groups in total. The van der Waals surface area contributed by atoms with E-state index in [1.54, 1.807) is 13.3 Å². The van der Waals surface area contributed by atoms with Crippen LogP contribution in [-0.2, 0) is 6.54 Å². The molecule has 21 heavy (non-hydrogen) atoms. The Hall–Kier alpha value is -2.01. The molecule has 6 heteroatoms. The van der Waals surface area contributed by atoms with Crippen LogP contribution in [0.15, 0.2) is 28.8 Å². The third-order valence-electron chi connectivity index (χ3n) is 3.30. The zero-order chi connectivity index (χ0) is 15.0. The summed E-state index contributed by atoms with van der Waals surface area (Å²) < 4.78 is 12.8. The Kier molecular flexibility index (Phi) is 3.59. The fourth-order valence-corrected chi connectivity index (χ4v) is 2.50. The molecule has 1 unspecified atom stereocenters. The quantitative estimate of drug-likeness (QED) is 0.690. The topological polar surface area (TPSA) is 53.1 Å². The molecule has 0 fully saturated rings. The van der Waals surface area contributed by atoms with Gasteiger partial charge in [-0.25, -0.2) is 9.97 Å². The van der Waals surface area contributed by atoms with Crippen LogP contribution in [0.4, 0.5) is 0 Å². The summed E-state index contributed by atoms with van der Waals surface area (Å²) in [5, 5.41) is -0.209. The van der Waals surface area contributed by atoms with Gasteiger partial charge in [-0.2, -0.15) is 0 Å². The Bertz CT molecular complexity index is 776. The van der Waals surface area contributed by atoms with Crippen molar-refractivity contribution in [1.29, 1.82) is 0 Å². The van der Waals surface area contributed by atoms with Crippen molar-refractivity contribution in [2.45, 2.75) is 25.8 Å². The normalized spacial score (nSPS) is 12.8. The summed E-state index contributed by atoms with van der Waals surface area (Å²) in [4.78, 5) is 8.85. The van der Waals surface area contributed by atoms with Gasteiger partial charge < -0.3 is 13.7 Å². The van der Waals surface area contributed by atoms with Gasteiger partial charge in [0.2, 0.25) is 5.89 Å². The monoisotopic (exact) mass is 305 g/mol. The number of halogens is 1. The molecular formula is C15H16ClN3O2. The van der Waals surface area contributed by atoms with Crippen molar-refractivity contribution in [3.63, 3.8) is 0 Å². The van der Waals surface area contributed by atoms with Gasteiger partial charge in [0.25, 0.3) is 0 Å². The summed E-state index contributed by atoms with van der Waals surface area (Å²) in [6.45, 7) is 4.28. The molecule has 0 saturated carbocycles. The standard InChI is InChI=1S/C15H16ClN3O2/c1-9-7-17-14(21-9)8-19-13-5-4-11(20-3)6-12(13)18-15(19)10(2)16/h4-7,10H,8H2,1-3H3. The van der Waals surface area contributed by atoms with Gasteiger partial charge in [0.1, 0.15) is 23.9 Å². The minimum absolute atomic E-state index is 0.209. The molecule has 1 atom stereocenters. The van der Waals surface area contributed by atoms with E-state index in [0.717, 1.165) is 28.4 Å². The van der Waals surface area contributed by atoms with Crippen LogP contribution in [0.3, 0.4) is 0 Å². The molecule has 2 heterocycles. The van der Waals surface area contributed by atoms with E-state index in [1.165, 1.54) is 0 Å². The largest absolute Gasteiger partial charge is 0.497 e. The smallest absolute Gasteiger partial charge is 0.214 e. The van der Waals surface area contributed by atoms with Crippen molar-refractivity contribution >= 4 is 22.6 Å². The summed E-state index contributed by atoms with van der Waals surface area (Å²) in [6.07, 6.45) is 1.71. The van der Waals surface area contributed by atoms with E-state index < -0.39 is 0 Å². The molecule has 0 bridgehead atoms. The van der Waals surface area contributed by atoms with Crippen LogP contribution in [0.25, 0.3) is 11.0 Å². The lowest BCUT2D eigenvalue weighted by atomic mass is 10.3. The summed E-state index contributed by atoms with van der Waals surface area (Å²) in [5.41, 5.74) is 1.83. The van der Waals surface area contributed by atoms with E-state index in [2.05, 4.69) is 9.97 Å². The Balaban J connectivity index is 2.11. The van der Waals surface area contributed by atoms with Gasteiger partial charge in [-0.05, 0) is 26.0 Å². The second kappa shape index (κ2) is 5.41. The first-order valence-electron chi connectivity index (χ1n) is 6.68. The number of oxazole rings is 1. The van der Waals surface area contributed by atoms with Crippen LogP contribution in [0.5, 0.6) is 5.75 Å². The van der Waals surface area contributed by atoms with Gasteiger partial charge in [0, 0.05) is 6.07 Å². The summed E-state index contributed by atoms with van der Waals surface area (Å²) in [7, 11) is 1.64. The van der Waals surface area contributed by atoms with Gasteiger partial charge in [0.05, 0.1) is 29.7 Å². The van der Waals surface area contributed by atoms with Gasteiger partial charge in [0.15, 0.2) is 0 Å². The second-order valence-electron chi connectivity index (χ2n) is 4.89. The van der Waals surface area contributed by atoms with E-state index in [-0.39, 0.29) is 5.38 Å². The third-order valence-corrected chi connectivity index (χ3v) is 3.50. The predicted molar refractivity (Wildman–Crippen MR) is 80.9 cm³/mol. The molecule has 0 radical (unpaired) electrons. The summed E-state index contributed by atoms with van der Waals surface area (Å²) in [6, 6.07) is 5.78. The molecule has 5 nitrogen and oxygen atoms in total. The molecule has 2 aromatic heterocycles. The highest BCUT2D eigenvalue weighted by Crippen LogP contribution is 2.27. The van der Waals surface area contributed by atoms with Crippen LogP contribution in [0.2, 0.25) is 0 Å². The van der Waals surface area contributed by atoms with Crippen LogP contribution in [0.1, 0.15) is 29.8 Å². The van der Waals surface area contributed by atoms with Gasteiger partial charge in [-0.15, -0.1) is 11.6 Å². The highest BCUT2D eigenvalue weighted by molar-refractivity contribution is 6.20. The Morgan fingerprint density at radius 1 is 1.43 bits per heavy atom. The van der Waals surface area contributed by atoms with Crippen molar-refractivity contribution in [1.82, 2.24) is 14.5 Å². The fourth-order valence-electron chi connectivity index (χ4n) is 2.33. The Morgan fingerprint density at radius 2 is 2.24 bits per heavy atom. The number of ether oxygens (including phenoxy) is 1. The van der Waals surface area contributed by atoms with Crippen molar-refractivity contribution in [3.05, 3.63) is 41.9 Å². The molecule has 0 aliphatic carbocycles. The maximum atomic E-state index is 6.26. The van der Waals surface area contributed by atoms with Gasteiger partial charge in [-0.1, -0.05) is 0 Å². The van der Waals surface area contributed by atoms with E-state index in [9.17, 15) is 0 Å². The fraction of sp³-hybridized carbons (Fsp3) is 0.333. The van der Waals surface area contributed by atoms with Crippen molar-refractivity contribution in [2.75, 3.05) is 7.11 Å². The molecule has 1 aromatic carbocycles. The van der Waals surface area contributed by atoms with Crippen molar-refractivity contribution < 1.29 is 9.15 Å². The summed E-state index contributed by atoms with van der Waals surface area (Å²) >= 11 is 6.26. The third kappa shape index (κ3) is 2.61. The number of nitrogens with zero attached hydrogens (tertiary/aromatic N) is 3.